The Morgan fingerprint density at radius 3 is 2.33 bits per heavy atom. The predicted octanol–water partition coefficient (Wildman–Crippen LogP) is 4.57. The predicted molar refractivity (Wildman–Crippen MR) is 82.4 cm³/mol. The molecule has 21 heavy (non-hydrogen) atoms. The number of hydrogen-bond acceptors (Lipinski definition) is 1. The molecule has 108 valence electrons. The van der Waals surface area contributed by atoms with Gasteiger partial charge in [0, 0.05) is 0 Å². The van der Waals surface area contributed by atoms with Crippen molar-refractivity contribution in [3.8, 4) is 0 Å². The first-order chi connectivity index (χ1) is 9.97. The topological polar surface area (TPSA) is 37.3 Å². The Morgan fingerprint density at radius 2 is 1.81 bits per heavy atom. The SMILES string of the molecule is CC(C)c1ccc(/C=C(/C(=O)O)c2cccc(F)c2)cc1. The molecule has 0 radical (unpaired) electrons. The molecule has 0 saturated heterocycles. The molecule has 2 nitrogen and oxygen atoms in total. The van der Waals surface area contributed by atoms with Crippen LogP contribution in [0.15, 0.2) is 48.5 Å². The van der Waals surface area contributed by atoms with E-state index in [-0.39, 0.29) is 5.57 Å². The molecule has 3 heteroatoms. The van der Waals surface area contributed by atoms with E-state index in [1.807, 2.05) is 24.3 Å². The second-order valence-corrected chi connectivity index (χ2v) is 5.19. The van der Waals surface area contributed by atoms with Crippen LogP contribution in [0.25, 0.3) is 11.6 Å². The van der Waals surface area contributed by atoms with Crippen LogP contribution in [0.3, 0.4) is 0 Å². The molecule has 2 aromatic carbocycles. The third kappa shape index (κ3) is 3.78. The first kappa shape index (κ1) is 15.0. The van der Waals surface area contributed by atoms with Crippen LogP contribution in [0.5, 0.6) is 0 Å². The maximum absolute atomic E-state index is 13.3. The van der Waals surface area contributed by atoms with E-state index in [1.165, 1.54) is 23.8 Å². The van der Waals surface area contributed by atoms with Crippen LogP contribution in [0.2, 0.25) is 0 Å². The molecule has 0 aliphatic carbocycles. The van der Waals surface area contributed by atoms with Gasteiger partial charge in [-0.2, -0.15) is 0 Å². The van der Waals surface area contributed by atoms with Crippen LogP contribution < -0.4 is 0 Å². The number of hydrogen-bond donors (Lipinski definition) is 1. The number of carboxylic acids is 1. The summed E-state index contributed by atoms with van der Waals surface area (Å²) in [6.07, 6.45) is 1.56. The number of carboxylic acid groups (broad SMARTS) is 1. The Bertz CT molecular complexity index is 670. The summed E-state index contributed by atoms with van der Waals surface area (Å²) in [6.45, 7) is 4.19. The molecule has 0 aliphatic rings. The lowest BCUT2D eigenvalue weighted by atomic mass is 9.99. The van der Waals surface area contributed by atoms with E-state index in [2.05, 4.69) is 13.8 Å². The number of carbonyl (C=O) groups is 1. The molecule has 2 aromatic rings. The fourth-order valence-electron chi connectivity index (χ4n) is 2.07. The third-order valence-electron chi connectivity index (χ3n) is 3.28. The van der Waals surface area contributed by atoms with Crippen LogP contribution in [0.1, 0.15) is 36.5 Å². The standard InChI is InChI=1S/C18H17FO2/c1-12(2)14-8-6-13(7-9-14)10-17(18(20)21)15-4-3-5-16(19)11-15/h3-12H,1-2H3,(H,20,21)/b17-10+. The lowest BCUT2D eigenvalue weighted by Crippen LogP contribution is -2.00. The highest BCUT2D eigenvalue weighted by molar-refractivity contribution is 6.20. The molecule has 2 rings (SSSR count). The molecule has 0 aromatic heterocycles. The second-order valence-electron chi connectivity index (χ2n) is 5.19. The molecule has 0 unspecified atom stereocenters. The van der Waals surface area contributed by atoms with E-state index in [4.69, 9.17) is 0 Å². The molecule has 0 amide bonds. The Kier molecular flexibility index (Phi) is 4.53. The molecular formula is C18H17FO2. The first-order valence-corrected chi connectivity index (χ1v) is 6.78. The minimum atomic E-state index is -1.08. The maximum Gasteiger partial charge on any atom is 0.336 e. The molecule has 0 spiro atoms. The highest BCUT2D eigenvalue weighted by atomic mass is 19.1. The van der Waals surface area contributed by atoms with Gasteiger partial charge in [0.15, 0.2) is 0 Å². The number of aliphatic carboxylic acids is 1. The highest BCUT2D eigenvalue weighted by Gasteiger charge is 2.11. The van der Waals surface area contributed by atoms with Gasteiger partial charge in [-0.25, -0.2) is 9.18 Å². The van der Waals surface area contributed by atoms with E-state index < -0.39 is 11.8 Å². The zero-order valence-electron chi connectivity index (χ0n) is 12.0. The molecular weight excluding hydrogens is 267 g/mol. The molecule has 0 bridgehead atoms. The van der Waals surface area contributed by atoms with E-state index >= 15 is 0 Å². The van der Waals surface area contributed by atoms with Crippen LogP contribution in [0.4, 0.5) is 4.39 Å². The third-order valence-corrected chi connectivity index (χ3v) is 3.28. The Morgan fingerprint density at radius 1 is 1.14 bits per heavy atom. The van der Waals surface area contributed by atoms with Gasteiger partial charge in [0.25, 0.3) is 0 Å². The average molecular weight is 284 g/mol. The van der Waals surface area contributed by atoms with E-state index in [0.717, 1.165) is 5.56 Å². The minimum absolute atomic E-state index is 0.0757. The van der Waals surface area contributed by atoms with Gasteiger partial charge in [-0.05, 0) is 40.8 Å². The van der Waals surface area contributed by atoms with Crippen molar-refractivity contribution in [3.05, 3.63) is 71.0 Å². The summed E-state index contributed by atoms with van der Waals surface area (Å²) in [6, 6.07) is 13.3. The van der Waals surface area contributed by atoms with Gasteiger partial charge in [-0.3, -0.25) is 0 Å². The molecule has 1 N–H and O–H groups in total. The highest BCUT2D eigenvalue weighted by Crippen LogP contribution is 2.21. The van der Waals surface area contributed by atoms with Crippen molar-refractivity contribution >= 4 is 17.6 Å². The summed E-state index contributed by atoms with van der Waals surface area (Å²) in [7, 11) is 0. The van der Waals surface area contributed by atoms with Gasteiger partial charge in [-0.15, -0.1) is 0 Å². The van der Waals surface area contributed by atoms with Gasteiger partial charge < -0.3 is 5.11 Å². The maximum atomic E-state index is 13.3. The summed E-state index contributed by atoms with van der Waals surface area (Å²) in [5.74, 6) is -1.10. The van der Waals surface area contributed by atoms with Gasteiger partial charge in [-0.1, -0.05) is 50.2 Å². The summed E-state index contributed by atoms with van der Waals surface area (Å²) in [5, 5.41) is 9.33. The minimum Gasteiger partial charge on any atom is -0.478 e. The number of halogens is 1. The number of benzene rings is 2. The normalized spacial score (nSPS) is 11.7. The zero-order valence-corrected chi connectivity index (χ0v) is 12.0. The summed E-state index contributed by atoms with van der Waals surface area (Å²) < 4.78 is 13.3. The van der Waals surface area contributed by atoms with Gasteiger partial charge in [0.2, 0.25) is 0 Å². The monoisotopic (exact) mass is 284 g/mol. The van der Waals surface area contributed by atoms with E-state index in [0.29, 0.717) is 11.5 Å². The fraction of sp³-hybridized carbons (Fsp3) is 0.167. The largest absolute Gasteiger partial charge is 0.478 e. The van der Waals surface area contributed by atoms with Gasteiger partial charge in [0.05, 0.1) is 5.57 Å². The summed E-state index contributed by atoms with van der Waals surface area (Å²) in [4.78, 5) is 11.4. The molecule has 0 saturated carbocycles. The lowest BCUT2D eigenvalue weighted by molar-refractivity contribution is -0.130. The van der Waals surface area contributed by atoms with Crippen LogP contribution >= 0.6 is 0 Å². The smallest absolute Gasteiger partial charge is 0.336 e. The van der Waals surface area contributed by atoms with Crippen molar-refractivity contribution < 1.29 is 14.3 Å². The Labute approximate surface area is 123 Å². The molecule has 0 heterocycles. The van der Waals surface area contributed by atoms with Gasteiger partial charge in [0.1, 0.15) is 5.82 Å². The van der Waals surface area contributed by atoms with Gasteiger partial charge >= 0.3 is 5.97 Å². The summed E-state index contributed by atoms with van der Waals surface area (Å²) >= 11 is 0. The van der Waals surface area contributed by atoms with Crippen molar-refractivity contribution in [1.29, 1.82) is 0 Å². The molecule has 0 aliphatic heterocycles. The molecule has 0 atom stereocenters. The van der Waals surface area contributed by atoms with Crippen LogP contribution in [-0.2, 0) is 4.79 Å². The quantitative estimate of drug-likeness (QED) is 0.659. The summed E-state index contributed by atoms with van der Waals surface area (Å²) in [5.41, 5.74) is 2.40. The zero-order chi connectivity index (χ0) is 15.4. The van der Waals surface area contributed by atoms with E-state index in [1.54, 1.807) is 12.1 Å². The first-order valence-electron chi connectivity index (χ1n) is 6.78. The van der Waals surface area contributed by atoms with Crippen molar-refractivity contribution in [2.45, 2.75) is 19.8 Å². The Hall–Kier alpha value is -2.42. The van der Waals surface area contributed by atoms with Crippen LogP contribution in [-0.4, -0.2) is 11.1 Å². The van der Waals surface area contributed by atoms with Crippen molar-refractivity contribution in [2.75, 3.05) is 0 Å². The number of rotatable bonds is 4. The van der Waals surface area contributed by atoms with Crippen molar-refractivity contribution in [3.63, 3.8) is 0 Å². The second kappa shape index (κ2) is 6.35. The molecule has 0 fully saturated rings. The fourth-order valence-corrected chi connectivity index (χ4v) is 2.07. The lowest BCUT2D eigenvalue weighted by Gasteiger charge is -2.06. The van der Waals surface area contributed by atoms with E-state index in [9.17, 15) is 14.3 Å². The Balaban J connectivity index is 2.40. The van der Waals surface area contributed by atoms with Crippen molar-refractivity contribution in [1.82, 2.24) is 0 Å². The average Bonchev–Trinajstić information content (AvgIpc) is 2.45. The van der Waals surface area contributed by atoms with Crippen molar-refractivity contribution in [2.24, 2.45) is 0 Å². The van der Waals surface area contributed by atoms with Crippen LogP contribution in [0, 0.1) is 5.82 Å².